The maximum Gasteiger partial charge on any atom is 0.211 e. The first kappa shape index (κ1) is 18.4. The predicted octanol–water partition coefficient (Wildman–Crippen LogP) is 3.35. The van der Waals surface area contributed by atoms with Gasteiger partial charge in [0.15, 0.2) is 5.65 Å². The summed E-state index contributed by atoms with van der Waals surface area (Å²) in [5.41, 5.74) is 4.92. The van der Waals surface area contributed by atoms with E-state index in [2.05, 4.69) is 54.6 Å². The van der Waals surface area contributed by atoms with Gasteiger partial charge < -0.3 is 14.6 Å². The lowest BCUT2D eigenvalue weighted by Crippen LogP contribution is -2.17. The molecular weight excluding hydrogens is 384 g/mol. The number of para-hydroxylation sites is 1. The van der Waals surface area contributed by atoms with Crippen LogP contribution < -0.4 is 10.2 Å². The molecule has 4 aromatic rings. The van der Waals surface area contributed by atoms with Crippen molar-refractivity contribution in [2.24, 2.45) is 0 Å². The van der Waals surface area contributed by atoms with Crippen molar-refractivity contribution in [2.45, 2.75) is 17.5 Å². The third kappa shape index (κ3) is 3.66. The van der Waals surface area contributed by atoms with Crippen molar-refractivity contribution in [1.82, 2.24) is 25.5 Å². The highest BCUT2D eigenvalue weighted by atomic mass is 32.2. The van der Waals surface area contributed by atoms with E-state index in [0.717, 1.165) is 39.9 Å². The maximum atomic E-state index is 6.18. The molecule has 3 heterocycles. The first-order valence-electron chi connectivity index (χ1n) is 9.57. The number of nitrogens with zero attached hydrogens (tertiary/aromatic N) is 4. The minimum absolute atomic E-state index is 0.0768. The lowest BCUT2D eigenvalue weighted by atomic mass is 10.2. The van der Waals surface area contributed by atoms with Crippen LogP contribution in [-0.4, -0.2) is 52.7 Å². The van der Waals surface area contributed by atoms with Gasteiger partial charge in [-0.1, -0.05) is 42.1 Å². The Bertz CT molecular complexity index is 1140. The lowest BCUT2D eigenvalue weighted by Gasteiger charge is -2.16. The summed E-state index contributed by atoms with van der Waals surface area (Å²) < 4.78 is 6.18. The van der Waals surface area contributed by atoms with Gasteiger partial charge in [0.1, 0.15) is 11.7 Å². The molecule has 2 aromatic heterocycles. The van der Waals surface area contributed by atoms with Crippen molar-refractivity contribution in [3.8, 4) is 0 Å². The van der Waals surface area contributed by atoms with Crippen molar-refractivity contribution < 1.29 is 4.74 Å². The van der Waals surface area contributed by atoms with Crippen LogP contribution in [0.15, 0.2) is 53.7 Å². The smallest absolute Gasteiger partial charge is 0.211 e. The molecule has 2 aromatic carbocycles. The van der Waals surface area contributed by atoms with Crippen LogP contribution in [0, 0.1) is 0 Å². The highest BCUT2D eigenvalue weighted by Crippen LogP contribution is 2.27. The predicted molar refractivity (Wildman–Crippen MR) is 116 cm³/mol. The zero-order valence-corrected chi connectivity index (χ0v) is 17.1. The zero-order chi connectivity index (χ0) is 19.8. The van der Waals surface area contributed by atoms with E-state index in [-0.39, 0.29) is 12.3 Å². The van der Waals surface area contributed by atoms with Crippen LogP contribution in [-0.2, 0) is 4.74 Å². The molecule has 1 aliphatic heterocycles. The molecule has 0 radical (unpaired) electrons. The number of fused-ring (bicyclic) bond motifs is 3. The molecule has 1 saturated heterocycles. The summed E-state index contributed by atoms with van der Waals surface area (Å²) in [6, 6.07) is 16.5. The Morgan fingerprint density at radius 2 is 1.93 bits per heavy atom. The minimum Gasteiger partial charge on any atom is -0.378 e. The Morgan fingerprint density at radius 3 is 2.76 bits per heavy atom. The van der Waals surface area contributed by atoms with Gasteiger partial charge in [-0.05, 0) is 23.8 Å². The van der Waals surface area contributed by atoms with E-state index < -0.39 is 0 Å². The Morgan fingerprint density at radius 1 is 1.10 bits per heavy atom. The van der Waals surface area contributed by atoms with E-state index in [1.165, 1.54) is 5.69 Å². The van der Waals surface area contributed by atoms with Gasteiger partial charge >= 0.3 is 0 Å². The van der Waals surface area contributed by atoms with Crippen molar-refractivity contribution >= 4 is 39.5 Å². The van der Waals surface area contributed by atoms with Crippen molar-refractivity contribution in [3.05, 3.63) is 54.1 Å². The number of hydrogen-bond acceptors (Lipinski definition) is 7. The number of benzene rings is 2. The largest absolute Gasteiger partial charge is 0.378 e. The van der Waals surface area contributed by atoms with Crippen LogP contribution in [0.2, 0.25) is 0 Å². The number of thioether (sulfide) groups is 1. The number of hydrogen-bond donors (Lipinski definition) is 2. The van der Waals surface area contributed by atoms with E-state index in [0.29, 0.717) is 5.16 Å². The highest BCUT2D eigenvalue weighted by molar-refractivity contribution is 7.99. The van der Waals surface area contributed by atoms with Crippen LogP contribution in [0.4, 0.5) is 5.69 Å². The third-order valence-corrected chi connectivity index (χ3v) is 6.04. The molecular formula is C21H22N6OS. The number of rotatable bonds is 5. The van der Waals surface area contributed by atoms with Gasteiger partial charge in [-0.3, -0.25) is 5.32 Å². The molecule has 2 N–H and O–H groups in total. The van der Waals surface area contributed by atoms with Crippen molar-refractivity contribution in [2.75, 3.05) is 31.3 Å². The fourth-order valence-corrected chi connectivity index (χ4v) is 4.29. The van der Waals surface area contributed by atoms with Crippen molar-refractivity contribution in [1.29, 1.82) is 0 Å². The molecule has 1 aliphatic rings. The van der Waals surface area contributed by atoms with Crippen molar-refractivity contribution in [3.63, 3.8) is 0 Å². The quantitative estimate of drug-likeness (QED) is 0.492. The van der Waals surface area contributed by atoms with E-state index in [9.17, 15) is 0 Å². The average Bonchev–Trinajstić information content (AvgIpc) is 3.36. The molecule has 29 heavy (non-hydrogen) atoms. The van der Waals surface area contributed by atoms with Gasteiger partial charge in [-0.25, -0.2) is 4.98 Å². The summed E-state index contributed by atoms with van der Waals surface area (Å²) in [6.45, 7) is 0.801. The van der Waals surface area contributed by atoms with Crippen LogP contribution >= 0.6 is 11.8 Å². The number of H-pyrrole nitrogens is 1. The molecule has 0 unspecified atom stereocenters. The summed E-state index contributed by atoms with van der Waals surface area (Å²) >= 11 is 1.57. The monoisotopic (exact) mass is 406 g/mol. The van der Waals surface area contributed by atoms with Crippen LogP contribution in [0.25, 0.3) is 22.1 Å². The fraction of sp³-hybridized carbons (Fsp3) is 0.286. The fourth-order valence-electron chi connectivity index (χ4n) is 3.50. The first-order chi connectivity index (χ1) is 14.2. The Labute approximate surface area is 172 Å². The molecule has 0 saturated carbocycles. The Hall–Kier alpha value is -2.68. The van der Waals surface area contributed by atoms with E-state index in [1.807, 2.05) is 38.4 Å². The molecule has 148 valence electrons. The number of aromatic amines is 1. The second kappa shape index (κ2) is 7.62. The normalized spacial score (nSPS) is 19.2. The van der Waals surface area contributed by atoms with Gasteiger partial charge in [-0.2, -0.15) is 0 Å². The summed E-state index contributed by atoms with van der Waals surface area (Å²) in [5, 5.41) is 13.8. The van der Waals surface area contributed by atoms with Crippen LogP contribution in [0.1, 0.15) is 11.8 Å². The SMILES string of the molecule is CN(C)c1ccc([C@H]2NC[C@@H](CSc3nnc4c(n3)[nH]c3ccccc34)O2)cc1. The minimum atomic E-state index is -0.0768. The van der Waals surface area contributed by atoms with E-state index in [4.69, 9.17) is 4.74 Å². The summed E-state index contributed by atoms with van der Waals surface area (Å²) in [5.74, 6) is 0.771. The van der Waals surface area contributed by atoms with Gasteiger partial charge in [0.05, 0.1) is 6.10 Å². The van der Waals surface area contributed by atoms with Crippen LogP contribution in [0.3, 0.4) is 0 Å². The molecule has 0 spiro atoms. The molecule has 8 heteroatoms. The number of nitrogens with one attached hydrogen (secondary N) is 2. The molecule has 0 aliphatic carbocycles. The average molecular weight is 407 g/mol. The van der Waals surface area contributed by atoms with Crippen LogP contribution in [0.5, 0.6) is 0 Å². The highest BCUT2D eigenvalue weighted by Gasteiger charge is 2.26. The van der Waals surface area contributed by atoms with E-state index >= 15 is 0 Å². The first-order valence-corrected chi connectivity index (χ1v) is 10.6. The topological polar surface area (TPSA) is 79.0 Å². The number of aromatic nitrogens is 4. The summed E-state index contributed by atoms with van der Waals surface area (Å²) in [6.07, 6.45) is 0.0209. The standard InChI is InChI=1S/C21H22N6OS/c1-27(2)14-9-7-13(8-10-14)20-22-11-15(28-20)12-29-21-24-19-18(25-26-21)16-5-3-4-6-17(16)23-19/h3-10,15,20,22H,11-12H2,1-2H3,(H,23,24,26)/t15-,20-/m0/s1. The Kier molecular flexibility index (Phi) is 4.83. The molecule has 0 bridgehead atoms. The lowest BCUT2D eigenvalue weighted by molar-refractivity contribution is 0.0534. The molecule has 1 fully saturated rings. The second-order valence-electron chi connectivity index (χ2n) is 7.31. The molecule has 7 nitrogen and oxygen atoms in total. The third-order valence-electron chi connectivity index (χ3n) is 5.07. The molecule has 0 amide bonds. The van der Waals surface area contributed by atoms with E-state index in [1.54, 1.807) is 11.8 Å². The summed E-state index contributed by atoms with van der Waals surface area (Å²) in [4.78, 5) is 10.0. The molecule has 5 rings (SSSR count). The number of ether oxygens (including phenoxy) is 1. The van der Waals surface area contributed by atoms with Gasteiger partial charge in [-0.15, -0.1) is 10.2 Å². The number of anilines is 1. The molecule has 2 atom stereocenters. The van der Waals surface area contributed by atoms with Gasteiger partial charge in [0, 0.05) is 43.0 Å². The second-order valence-corrected chi connectivity index (χ2v) is 8.29. The van der Waals surface area contributed by atoms with Gasteiger partial charge in [0.2, 0.25) is 5.16 Å². The maximum absolute atomic E-state index is 6.18. The summed E-state index contributed by atoms with van der Waals surface area (Å²) in [7, 11) is 4.08. The zero-order valence-electron chi connectivity index (χ0n) is 16.3. The Balaban J connectivity index is 1.23. The van der Waals surface area contributed by atoms with Gasteiger partial charge in [0.25, 0.3) is 0 Å².